The van der Waals surface area contributed by atoms with Gasteiger partial charge in [-0.05, 0) is 43.3 Å². The number of urea groups is 1. The van der Waals surface area contributed by atoms with E-state index in [0.717, 1.165) is 0 Å². The number of nitrogens with zero attached hydrogens (tertiary/aromatic N) is 2. The van der Waals surface area contributed by atoms with Gasteiger partial charge in [0.2, 0.25) is 0 Å². The second-order valence-electron chi connectivity index (χ2n) is 6.07. The Balaban J connectivity index is 1.65. The second-order valence-corrected chi connectivity index (χ2v) is 7.93. The molecule has 30 heavy (non-hydrogen) atoms. The van der Waals surface area contributed by atoms with Crippen LogP contribution >= 0.6 is 0 Å². The molecule has 3 N–H and O–H groups in total. The molecule has 0 fully saturated rings. The van der Waals surface area contributed by atoms with Crippen molar-refractivity contribution in [1.82, 2.24) is 10.4 Å². The summed E-state index contributed by atoms with van der Waals surface area (Å²) < 4.78 is 40.7. The summed E-state index contributed by atoms with van der Waals surface area (Å²) in [6.07, 6.45) is 1.19. The number of amides is 2. The summed E-state index contributed by atoms with van der Waals surface area (Å²) >= 11 is 0. The number of carbonyl (C=O) groups is 1. The van der Waals surface area contributed by atoms with Crippen molar-refractivity contribution in [1.29, 1.82) is 0 Å². The van der Waals surface area contributed by atoms with E-state index in [9.17, 15) is 17.6 Å². The molecule has 2 amide bonds. The fraction of sp³-hybridized carbons (Fsp3) is 0.100. The molecule has 0 spiro atoms. The average molecular weight is 429 g/mol. The third-order valence-electron chi connectivity index (χ3n) is 4.08. The van der Waals surface area contributed by atoms with Crippen LogP contribution in [-0.2, 0) is 10.0 Å². The van der Waals surface area contributed by atoms with Crippen molar-refractivity contribution in [2.45, 2.75) is 11.8 Å². The summed E-state index contributed by atoms with van der Waals surface area (Å²) in [6.45, 7) is 2.00. The van der Waals surface area contributed by atoms with Gasteiger partial charge in [0.25, 0.3) is 10.0 Å². The molecule has 0 aliphatic heterocycles. The fourth-order valence-corrected chi connectivity index (χ4v) is 4.08. The van der Waals surface area contributed by atoms with E-state index in [1.54, 1.807) is 43.3 Å². The topological polar surface area (TPSA) is 103 Å². The van der Waals surface area contributed by atoms with Gasteiger partial charge in [0.15, 0.2) is 0 Å². The number of hydrogen-bond acceptors (Lipinski definition) is 5. The van der Waals surface area contributed by atoms with Gasteiger partial charge in [0.05, 0.1) is 11.4 Å². The molecule has 0 unspecified atom stereocenters. The number of halogens is 1. The van der Waals surface area contributed by atoms with Gasteiger partial charge in [-0.2, -0.15) is 0 Å². The molecule has 0 aliphatic carbocycles. The van der Waals surface area contributed by atoms with Gasteiger partial charge < -0.3 is 5.32 Å². The molecule has 156 valence electrons. The van der Waals surface area contributed by atoms with E-state index >= 15 is 0 Å². The summed E-state index contributed by atoms with van der Waals surface area (Å²) in [5.74, 6) is -0.361. The Morgan fingerprint density at radius 2 is 1.73 bits per heavy atom. The lowest BCUT2D eigenvalue weighted by atomic mass is 10.3. The molecule has 3 aromatic rings. The molecule has 2 aromatic carbocycles. The van der Waals surface area contributed by atoms with E-state index in [2.05, 4.69) is 21.2 Å². The van der Waals surface area contributed by atoms with Gasteiger partial charge in [-0.3, -0.25) is 15.2 Å². The first-order valence-corrected chi connectivity index (χ1v) is 10.5. The Morgan fingerprint density at radius 1 is 1.03 bits per heavy atom. The largest absolute Gasteiger partial charge is 0.337 e. The van der Waals surface area contributed by atoms with Crippen LogP contribution < -0.4 is 20.5 Å². The van der Waals surface area contributed by atoms with Crippen molar-refractivity contribution >= 4 is 33.2 Å². The van der Waals surface area contributed by atoms with Crippen molar-refractivity contribution in [3.8, 4) is 0 Å². The van der Waals surface area contributed by atoms with E-state index < -0.39 is 21.9 Å². The lowest BCUT2D eigenvalue weighted by Crippen LogP contribution is -2.34. The van der Waals surface area contributed by atoms with Gasteiger partial charge in [-0.25, -0.2) is 22.6 Å². The van der Waals surface area contributed by atoms with Crippen molar-refractivity contribution in [3.05, 3.63) is 78.7 Å². The maximum absolute atomic E-state index is 13.6. The quantitative estimate of drug-likeness (QED) is 0.498. The van der Waals surface area contributed by atoms with Gasteiger partial charge >= 0.3 is 6.03 Å². The number of benzene rings is 2. The van der Waals surface area contributed by atoms with Crippen LogP contribution in [0.5, 0.6) is 0 Å². The lowest BCUT2D eigenvalue weighted by Gasteiger charge is -2.22. The monoisotopic (exact) mass is 429 g/mol. The van der Waals surface area contributed by atoms with Gasteiger partial charge in [-0.1, -0.05) is 30.3 Å². The van der Waals surface area contributed by atoms with Crippen LogP contribution in [0.15, 0.2) is 77.8 Å². The molecule has 8 nitrogen and oxygen atoms in total. The Bertz CT molecular complexity index is 1110. The Morgan fingerprint density at radius 3 is 2.37 bits per heavy atom. The molecule has 0 radical (unpaired) electrons. The molecule has 0 aliphatic rings. The zero-order valence-electron chi connectivity index (χ0n) is 16.0. The number of rotatable bonds is 7. The van der Waals surface area contributed by atoms with E-state index in [1.807, 2.05) is 0 Å². The zero-order chi connectivity index (χ0) is 21.6. The molecule has 0 saturated carbocycles. The lowest BCUT2D eigenvalue weighted by molar-refractivity contribution is 0.253. The molecule has 0 bridgehead atoms. The third kappa shape index (κ3) is 4.84. The maximum atomic E-state index is 13.6. The minimum Gasteiger partial charge on any atom is -0.304 e. The Hall–Kier alpha value is -3.66. The van der Waals surface area contributed by atoms with Crippen LogP contribution in [0.3, 0.4) is 0 Å². The molecule has 1 aromatic heterocycles. The number of hydrogen-bond donors (Lipinski definition) is 3. The van der Waals surface area contributed by atoms with Crippen molar-refractivity contribution < 1.29 is 17.6 Å². The standard InChI is InChI=1S/C20H20FN5O3S/c1-2-26(15-8-4-3-5-9-15)30(28,29)16-12-13-19(22-14-16)24-25-20(27)23-18-11-7-6-10-17(18)21/h3-14H,2H2,1H3,(H,22,24)(H2,23,25,27). The summed E-state index contributed by atoms with van der Waals surface area (Å²) in [4.78, 5) is 15.9. The van der Waals surface area contributed by atoms with Crippen molar-refractivity contribution in [2.75, 3.05) is 21.6 Å². The normalized spacial score (nSPS) is 10.9. The number of aromatic nitrogens is 1. The van der Waals surface area contributed by atoms with E-state index in [4.69, 9.17) is 0 Å². The van der Waals surface area contributed by atoms with Crippen LogP contribution in [0.1, 0.15) is 6.92 Å². The summed E-state index contributed by atoms with van der Waals surface area (Å²) in [5, 5.41) is 2.34. The molecule has 0 saturated heterocycles. The molecule has 0 atom stereocenters. The van der Waals surface area contributed by atoms with Crippen molar-refractivity contribution in [2.24, 2.45) is 0 Å². The van der Waals surface area contributed by atoms with Crippen LogP contribution in [0.25, 0.3) is 0 Å². The summed E-state index contributed by atoms with van der Waals surface area (Å²) in [7, 11) is -3.80. The molecular formula is C20H20FN5O3S. The third-order valence-corrected chi connectivity index (χ3v) is 5.97. The Labute approximate surface area is 173 Å². The highest BCUT2D eigenvalue weighted by molar-refractivity contribution is 7.92. The average Bonchev–Trinajstić information content (AvgIpc) is 2.75. The highest BCUT2D eigenvalue weighted by Crippen LogP contribution is 2.23. The first-order valence-electron chi connectivity index (χ1n) is 9.03. The predicted octanol–water partition coefficient (Wildman–Crippen LogP) is 3.58. The second kappa shape index (κ2) is 9.23. The van der Waals surface area contributed by atoms with E-state index in [-0.39, 0.29) is 22.9 Å². The first kappa shape index (κ1) is 21.1. The zero-order valence-corrected chi connectivity index (χ0v) is 16.9. The number of hydrazine groups is 1. The van der Waals surface area contributed by atoms with Gasteiger partial charge in [-0.15, -0.1) is 0 Å². The van der Waals surface area contributed by atoms with Gasteiger partial charge in [0, 0.05) is 12.7 Å². The summed E-state index contributed by atoms with van der Waals surface area (Å²) in [6, 6.07) is 16.6. The van der Waals surface area contributed by atoms with Crippen LogP contribution in [0.2, 0.25) is 0 Å². The van der Waals surface area contributed by atoms with Gasteiger partial charge in [0.1, 0.15) is 16.5 Å². The smallest absolute Gasteiger partial charge is 0.304 e. The number of nitrogens with one attached hydrogen (secondary N) is 3. The number of pyridine rings is 1. The molecule has 1 heterocycles. The number of para-hydroxylation sites is 2. The minimum absolute atomic E-state index is 0.00885. The first-order chi connectivity index (χ1) is 14.4. The highest BCUT2D eigenvalue weighted by atomic mass is 32.2. The summed E-state index contributed by atoms with van der Waals surface area (Å²) in [5.41, 5.74) is 5.41. The molecular weight excluding hydrogens is 409 g/mol. The van der Waals surface area contributed by atoms with Crippen LogP contribution in [0, 0.1) is 5.82 Å². The SMILES string of the molecule is CCN(c1ccccc1)S(=O)(=O)c1ccc(NNC(=O)Nc2ccccc2F)nc1. The Kier molecular flexibility index (Phi) is 6.48. The number of sulfonamides is 1. The number of carbonyl (C=O) groups excluding carboxylic acids is 1. The number of anilines is 3. The minimum atomic E-state index is -3.80. The van der Waals surface area contributed by atoms with E-state index in [0.29, 0.717) is 5.69 Å². The van der Waals surface area contributed by atoms with Crippen LogP contribution in [-0.4, -0.2) is 26.0 Å². The molecule has 3 rings (SSSR count). The fourth-order valence-electron chi connectivity index (χ4n) is 2.66. The van der Waals surface area contributed by atoms with Crippen molar-refractivity contribution in [3.63, 3.8) is 0 Å². The maximum Gasteiger partial charge on any atom is 0.337 e. The van der Waals surface area contributed by atoms with Crippen LogP contribution in [0.4, 0.5) is 26.4 Å². The molecule has 10 heteroatoms. The van der Waals surface area contributed by atoms with E-state index in [1.165, 1.54) is 40.8 Å². The highest BCUT2D eigenvalue weighted by Gasteiger charge is 2.23. The predicted molar refractivity (Wildman–Crippen MR) is 113 cm³/mol.